The molecule has 0 unspecified atom stereocenters. The number of anilines is 1. The Morgan fingerprint density at radius 1 is 1.12 bits per heavy atom. The molecule has 0 heterocycles. The van der Waals surface area contributed by atoms with Crippen LogP contribution in [-0.2, 0) is 4.79 Å². The van der Waals surface area contributed by atoms with Gasteiger partial charge in [0.05, 0.1) is 16.9 Å². The standard InChI is InChI=1S/C24H19N3O4S/c1-16-3-10-21(11-4-16)32-23-12-5-17(14-22(23)27(29)30)13-18(15-25)24(28)26-19-6-8-20(31-2)9-7-19/h3-14H,1-2H3,(H,26,28)/b18-13-. The first-order valence-corrected chi connectivity index (χ1v) is 10.3. The van der Waals surface area contributed by atoms with Crippen LogP contribution in [0.4, 0.5) is 11.4 Å². The van der Waals surface area contributed by atoms with Crippen LogP contribution in [0.25, 0.3) is 6.08 Å². The monoisotopic (exact) mass is 445 g/mol. The molecule has 0 bridgehead atoms. The van der Waals surface area contributed by atoms with E-state index in [0.717, 1.165) is 10.5 Å². The summed E-state index contributed by atoms with van der Waals surface area (Å²) in [7, 11) is 1.54. The second-order valence-corrected chi connectivity index (χ2v) is 7.87. The highest BCUT2D eigenvalue weighted by molar-refractivity contribution is 7.99. The second-order valence-electron chi connectivity index (χ2n) is 6.75. The lowest BCUT2D eigenvalue weighted by molar-refractivity contribution is -0.387. The fourth-order valence-corrected chi connectivity index (χ4v) is 3.67. The fraction of sp³-hybridized carbons (Fsp3) is 0.0833. The topological polar surface area (TPSA) is 105 Å². The van der Waals surface area contributed by atoms with Crippen molar-refractivity contribution in [1.82, 2.24) is 0 Å². The van der Waals surface area contributed by atoms with Gasteiger partial charge in [-0.1, -0.05) is 35.5 Å². The van der Waals surface area contributed by atoms with E-state index in [4.69, 9.17) is 4.74 Å². The van der Waals surface area contributed by atoms with Crippen molar-refractivity contribution in [3.8, 4) is 11.8 Å². The molecule has 0 fully saturated rings. The molecule has 8 heteroatoms. The number of rotatable bonds is 7. The number of hydrogen-bond donors (Lipinski definition) is 1. The van der Waals surface area contributed by atoms with Crippen LogP contribution in [0.3, 0.4) is 0 Å². The highest BCUT2D eigenvalue weighted by atomic mass is 32.2. The molecule has 0 atom stereocenters. The molecule has 160 valence electrons. The van der Waals surface area contributed by atoms with E-state index in [0.29, 0.717) is 21.9 Å². The molecule has 7 nitrogen and oxygen atoms in total. The summed E-state index contributed by atoms with van der Waals surface area (Å²) in [6, 6.07) is 20.8. The van der Waals surface area contributed by atoms with Gasteiger partial charge in [0.1, 0.15) is 17.4 Å². The van der Waals surface area contributed by atoms with Crippen molar-refractivity contribution in [1.29, 1.82) is 5.26 Å². The number of nitro groups is 1. The minimum Gasteiger partial charge on any atom is -0.497 e. The van der Waals surface area contributed by atoms with Crippen LogP contribution in [0.5, 0.6) is 5.75 Å². The average molecular weight is 446 g/mol. The summed E-state index contributed by atoms with van der Waals surface area (Å²) < 4.78 is 5.07. The van der Waals surface area contributed by atoms with Gasteiger partial charge in [0.15, 0.2) is 0 Å². The lowest BCUT2D eigenvalue weighted by atomic mass is 10.1. The number of nitro benzene ring substituents is 1. The average Bonchev–Trinajstić information content (AvgIpc) is 2.80. The Bertz CT molecular complexity index is 1210. The van der Waals surface area contributed by atoms with E-state index >= 15 is 0 Å². The Labute approximate surface area is 189 Å². The third kappa shape index (κ3) is 5.74. The summed E-state index contributed by atoms with van der Waals surface area (Å²) in [6.07, 6.45) is 1.33. The number of benzene rings is 3. The number of carbonyl (C=O) groups excluding carboxylic acids is 1. The summed E-state index contributed by atoms with van der Waals surface area (Å²) in [6.45, 7) is 1.97. The van der Waals surface area contributed by atoms with Crippen molar-refractivity contribution in [2.24, 2.45) is 0 Å². The fourth-order valence-electron chi connectivity index (χ4n) is 2.77. The summed E-state index contributed by atoms with van der Waals surface area (Å²) in [5.41, 5.74) is 1.70. The number of nitrogens with one attached hydrogen (secondary N) is 1. The molecule has 3 aromatic rings. The second kappa shape index (κ2) is 10.3. The number of nitrogens with zero attached hydrogens (tertiary/aromatic N) is 2. The number of carbonyl (C=O) groups is 1. The number of aryl methyl sites for hydroxylation is 1. The predicted molar refractivity (Wildman–Crippen MR) is 124 cm³/mol. The van der Waals surface area contributed by atoms with Crippen LogP contribution in [0.1, 0.15) is 11.1 Å². The SMILES string of the molecule is COc1ccc(NC(=O)/C(C#N)=C\c2ccc(Sc3ccc(C)cc3)c([N+](=O)[O-])c2)cc1. The Morgan fingerprint density at radius 3 is 2.41 bits per heavy atom. The van der Waals surface area contributed by atoms with Gasteiger partial charge in [-0.05, 0) is 61.0 Å². The van der Waals surface area contributed by atoms with Crippen molar-refractivity contribution in [3.05, 3.63) is 93.5 Å². The molecule has 3 rings (SSSR count). The van der Waals surface area contributed by atoms with Crippen molar-refractivity contribution < 1.29 is 14.5 Å². The Kier molecular flexibility index (Phi) is 7.26. The number of ether oxygens (including phenoxy) is 1. The molecule has 0 aliphatic rings. The molecular formula is C24H19N3O4S. The van der Waals surface area contributed by atoms with E-state index < -0.39 is 10.8 Å². The Balaban J connectivity index is 1.83. The summed E-state index contributed by atoms with van der Waals surface area (Å²) in [5.74, 6) is 0.0216. The van der Waals surface area contributed by atoms with Crippen LogP contribution < -0.4 is 10.1 Å². The van der Waals surface area contributed by atoms with Gasteiger partial charge in [0.2, 0.25) is 0 Å². The minimum atomic E-state index is -0.613. The summed E-state index contributed by atoms with van der Waals surface area (Å²) >= 11 is 1.28. The van der Waals surface area contributed by atoms with Crippen LogP contribution in [0.2, 0.25) is 0 Å². The Morgan fingerprint density at radius 2 is 1.81 bits per heavy atom. The maximum atomic E-state index is 12.5. The summed E-state index contributed by atoms with van der Waals surface area (Å²) in [4.78, 5) is 25.0. The molecule has 0 aliphatic carbocycles. The van der Waals surface area contributed by atoms with Crippen molar-refractivity contribution in [2.75, 3.05) is 12.4 Å². The molecule has 0 aliphatic heterocycles. The lowest BCUT2D eigenvalue weighted by Gasteiger charge is -2.07. The molecule has 0 aromatic heterocycles. The zero-order chi connectivity index (χ0) is 23.1. The number of amides is 1. The van der Waals surface area contributed by atoms with Crippen LogP contribution in [0.15, 0.2) is 82.1 Å². The van der Waals surface area contributed by atoms with Crippen molar-refractivity contribution >= 4 is 35.1 Å². The molecule has 3 aromatic carbocycles. The molecule has 1 amide bonds. The van der Waals surface area contributed by atoms with Gasteiger partial charge < -0.3 is 10.1 Å². The highest BCUT2D eigenvalue weighted by Gasteiger charge is 2.17. The zero-order valence-corrected chi connectivity index (χ0v) is 18.2. The number of hydrogen-bond acceptors (Lipinski definition) is 6. The van der Waals surface area contributed by atoms with Gasteiger partial charge in [-0.25, -0.2) is 0 Å². The normalized spacial score (nSPS) is 10.8. The van der Waals surface area contributed by atoms with Gasteiger partial charge >= 0.3 is 0 Å². The van der Waals surface area contributed by atoms with Gasteiger partial charge in [-0.2, -0.15) is 5.26 Å². The number of methoxy groups -OCH3 is 1. The number of nitriles is 1. The predicted octanol–water partition coefficient (Wildman–Crippen LogP) is 5.61. The van der Waals surface area contributed by atoms with E-state index in [1.54, 1.807) is 36.4 Å². The van der Waals surface area contributed by atoms with Crippen LogP contribution >= 0.6 is 11.8 Å². The largest absolute Gasteiger partial charge is 0.497 e. The van der Waals surface area contributed by atoms with E-state index in [1.165, 1.54) is 31.0 Å². The molecule has 0 saturated carbocycles. The van der Waals surface area contributed by atoms with Gasteiger partial charge in [0, 0.05) is 16.6 Å². The third-order valence-electron chi connectivity index (χ3n) is 4.45. The molecule has 32 heavy (non-hydrogen) atoms. The van der Waals surface area contributed by atoms with Gasteiger partial charge in [-0.3, -0.25) is 14.9 Å². The smallest absolute Gasteiger partial charge is 0.283 e. The molecule has 0 radical (unpaired) electrons. The first-order valence-electron chi connectivity index (χ1n) is 9.50. The van der Waals surface area contributed by atoms with E-state index in [2.05, 4.69) is 5.32 Å². The molecule has 0 spiro atoms. The van der Waals surface area contributed by atoms with E-state index in [1.807, 2.05) is 37.3 Å². The van der Waals surface area contributed by atoms with Crippen LogP contribution in [-0.4, -0.2) is 17.9 Å². The minimum absolute atomic E-state index is 0.0998. The molecule has 0 saturated heterocycles. The van der Waals surface area contributed by atoms with Crippen LogP contribution in [0, 0.1) is 28.4 Å². The molecular weight excluding hydrogens is 426 g/mol. The third-order valence-corrected chi connectivity index (χ3v) is 5.53. The van der Waals surface area contributed by atoms with Crippen molar-refractivity contribution in [3.63, 3.8) is 0 Å². The lowest BCUT2D eigenvalue weighted by Crippen LogP contribution is -2.13. The quantitative estimate of drug-likeness (QED) is 0.219. The zero-order valence-electron chi connectivity index (χ0n) is 17.4. The highest BCUT2D eigenvalue weighted by Crippen LogP contribution is 2.35. The van der Waals surface area contributed by atoms with E-state index in [9.17, 15) is 20.2 Å². The first-order chi connectivity index (χ1) is 15.4. The maximum absolute atomic E-state index is 12.5. The first kappa shape index (κ1) is 22.6. The van der Waals surface area contributed by atoms with E-state index in [-0.39, 0.29) is 11.3 Å². The van der Waals surface area contributed by atoms with Crippen molar-refractivity contribution in [2.45, 2.75) is 16.7 Å². The molecule has 1 N–H and O–H groups in total. The van der Waals surface area contributed by atoms with Gasteiger partial charge in [0.25, 0.3) is 11.6 Å². The maximum Gasteiger partial charge on any atom is 0.283 e. The van der Waals surface area contributed by atoms with Gasteiger partial charge in [-0.15, -0.1) is 0 Å². The summed E-state index contributed by atoms with van der Waals surface area (Å²) in [5, 5.41) is 23.7. The Hall–Kier alpha value is -4.09.